The predicted octanol–water partition coefficient (Wildman–Crippen LogP) is 2.62. The Morgan fingerprint density at radius 3 is 2.69 bits per heavy atom. The van der Waals surface area contributed by atoms with Gasteiger partial charge in [0.2, 0.25) is 5.91 Å². The molecule has 1 aromatic rings. The summed E-state index contributed by atoms with van der Waals surface area (Å²) in [7, 11) is 0. The van der Waals surface area contributed by atoms with Crippen molar-refractivity contribution in [2.45, 2.75) is 19.8 Å². The second-order valence-corrected chi connectivity index (χ2v) is 4.26. The Balaban J connectivity index is 2.19. The van der Waals surface area contributed by atoms with Crippen molar-refractivity contribution in [3.8, 4) is 0 Å². The molecule has 1 N–H and O–H groups in total. The van der Waals surface area contributed by atoms with Crippen molar-refractivity contribution < 1.29 is 4.79 Å². The third kappa shape index (κ3) is 2.01. The van der Waals surface area contributed by atoms with Gasteiger partial charge in [-0.05, 0) is 18.4 Å². The van der Waals surface area contributed by atoms with Crippen LogP contribution in [0.5, 0.6) is 0 Å². The Morgan fingerprint density at radius 2 is 2.12 bits per heavy atom. The topological polar surface area (TPSA) is 29.1 Å². The fourth-order valence-electron chi connectivity index (χ4n) is 2.12. The first kappa shape index (κ1) is 10.9. The lowest BCUT2D eigenvalue weighted by Crippen LogP contribution is -2.28. The molecule has 0 saturated carbocycles. The van der Waals surface area contributed by atoms with E-state index in [1.807, 2.05) is 30.3 Å². The Morgan fingerprint density at radius 1 is 1.38 bits per heavy atom. The molecular weight excluding hydrogens is 198 g/mol. The largest absolute Gasteiger partial charge is 0.355 e. The molecule has 1 aliphatic heterocycles. The van der Waals surface area contributed by atoms with Crippen LogP contribution < -0.4 is 5.32 Å². The van der Waals surface area contributed by atoms with Gasteiger partial charge in [0.25, 0.3) is 0 Å². The van der Waals surface area contributed by atoms with Gasteiger partial charge < -0.3 is 5.32 Å². The van der Waals surface area contributed by atoms with E-state index in [0.29, 0.717) is 0 Å². The number of amides is 1. The highest BCUT2D eigenvalue weighted by atomic mass is 16.2. The first-order chi connectivity index (χ1) is 7.77. The molecule has 0 radical (unpaired) electrons. The van der Waals surface area contributed by atoms with Crippen molar-refractivity contribution in [3.05, 3.63) is 42.0 Å². The summed E-state index contributed by atoms with van der Waals surface area (Å²) in [5, 5.41) is 2.91. The highest BCUT2D eigenvalue weighted by Crippen LogP contribution is 2.32. The zero-order valence-electron chi connectivity index (χ0n) is 9.57. The van der Waals surface area contributed by atoms with Gasteiger partial charge in [-0.25, -0.2) is 0 Å². The van der Waals surface area contributed by atoms with Crippen LogP contribution in [-0.2, 0) is 4.79 Å². The van der Waals surface area contributed by atoms with E-state index in [0.717, 1.165) is 24.9 Å². The predicted molar refractivity (Wildman–Crippen MR) is 65.8 cm³/mol. The van der Waals surface area contributed by atoms with Gasteiger partial charge in [-0.15, -0.1) is 0 Å². The van der Waals surface area contributed by atoms with Gasteiger partial charge in [0.15, 0.2) is 0 Å². The molecule has 0 spiro atoms. The zero-order valence-corrected chi connectivity index (χ0v) is 9.57. The molecule has 2 nitrogen and oxygen atoms in total. The monoisotopic (exact) mass is 215 g/mol. The van der Waals surface area contributed by atoms with E-state index in [-0.39, 0.29) is 11.3 Å². The summed E-state index contributed by atoms with van der Waals surface area (Å²) in [5.74, 6) is 0.169. The Bertz CT molecular complexity index is 396. The summed E-state index contributed by atoms with van der Waals surface area (Å²) < 4.78 is 0. The van der Waals surface area contributed by atoms with E-state index in [9.17, 15) is 4.79 Å². The summed E-state index contributed by atoms with van der Waals surface area (Å²) in [5.41, 5.74) is 0.866. The minimum atomic E-state index is -0.282. The van der Waals surface area contributed by atoms with Crippen LogP contribution in [0.1, 0.15) is 25.3 Å². The number of carbonyl (C=O) groups excluding carboxylic acids is 1. The third-order valence-corrected chi connectivity index (χ3v) is 3.33. The molecule has 84 valence electrons. The molecule has 1 atom stereocenters. The fourth-order valence-corrected chi connectivity index (χ4v) is 2.12. The molecule has 1 fully saturated rings. The van der Waals surface area contributed by atoms with Crippen LogP contribution in [0.2, 0.25) is 0 Å². The summed E-state index contributed by atoms with van der Waals surface area (Å²) in [6.45, 7) is 2.87. The third-order valence-electron chi connectivity index (χ3n) is 3.33. The maximum Gasteiger partial charge on any atom is 0.230 e. The maximum atomic E-state index is 11.8. The standard InChI is InChI=1S/C14H17NO/c1-2-14(10-11-15-13(14)16)9-8-12-6-4-3-5-7-12/h3-9H,2,10-11H2,1H3,(H,15,16)/b9-8+/t14-/m1/s1. The average molecular weight is 215 g/mol. The molecule has 2 heteroatoms. The molecule has 1 heterocycles. The molecule has 1 aromatic carbocycles. The van der Waals surface area contributed by atoms with Crippen LogP contribution >= 0.6 is 0 Å². The van der Waals surface area contributed by atoms with E-state index >= 15 is 0 Å². The SMILES string of the molecule is CC[C@@]1(/C=C/c2ccccc2)CCNC1=O. The minimum Gasteiger partial charge on any atom is -0.355 e. The Labute approximate surface area is 96.4 Å². The fraction of sp³-hybridized carbons (Fsp3) is 0.357. The van der Waals surface area contributed by atoms with E-state index in [1.165, 1.54) is 0 Å². The Kier molecular flexibility index (Phi) is 3.09. The molecule has 0 aliphatic carbocycles. The van der Waals surface area contributed by atoms with Crippen molar-refractivity contribution in [1.82, 2.24) is 5.32 Å². The van der Waals surface area contributed by atoms with Crippen molar-refractivity contribution in [2.24, 2.45) is 5.41 Å². The van der Waals surface area contributed by atoms with Crippen molar-refractivity contribution >= 4 is 12.0 Å². The molecule has 1 aliphatic rings. The van der Waals surface area contributed by atoms with Gasteiger partial charge in [-0.1, -0.05) is 49.4 Å². The lowest BCUT2D eigenvalue weighted by atomic mass is 9.83. The first-order valence-corrected chi connectivity index (χ1v) is 5.79. The van der Waals surface area contributed by atoms with Crippen LogP contribution in [-0.4, -0.2) is 12.5 Å². The van der Waals surface area contributed by atoms with Crippen LogP contribution in [0, 0.1) is 5.41 Å². The number of hydrogen-bond acceptors (Lipinski definition) is 1. The number of hydrogen-bond donors (Lipinski definition) is 1. The van der Waals surface area contributed by atoms with Gasteiger partial charge in [0, 0.05) is 6.54 Å². The van der Waals surface area contributed by atoms with E-state index in [1.54, 1.807) is 0 Å². The Hall–Kier alpha value is -1.57. The first-order valence-electron chi connectivity index (χ1n) is 5.79. The second kappa shape index (κ2) is 4.52. The van der Waals surface area contributed by atoms with Gasteiger partial charge >= 0.3 is 0 Å². The highest BCUT2D eigenvalue weighted by molar-refractivity contribution is 5.87. The van der Waals surface area contributed by atoms with Crippen LogP contribution in [0.15, 0.2) is 36.4 Å². The number of rotatable bonds is 3. The lowest BCUT2D eigenvalue weighted by Gasteiger charge is -2.19. The lowest BCUT2D eigenvalue weighted by molar-refractivity contribution is -0.125. The molecule has 1 saturated heterocycles. The average Bonchev–Trinajstić information content (AvgIpc) is 2.70. The number of benzene rings is 1. The van der Waals surface area contributed by atoms with Crippen LogP contribution in [0.4, 0.5) is 0 Å². The number of carbonyl (C=O) groups is 1. The van der Waals surface area contributed by atoms with Crippen molar-refractivity contribution in [2.75, 3.05) is 6.54 Å². The van der Waals surface area contributed by atoms with E-state index in [2.05, 4.69) is 24.4 Å². The highest BCUT2D eigenvalue weighted by Gasteiger charge is 2.37. The maximum absolute atomic E-state index is 11.8. The van der Waals surface area contributed by atoms with Crippen LogP contribution in [0.25, 0.3) is 6.08 Å². The van der Waals surface area contributed by atoms with E-state index in [4.69, 9.17) is 0 Å². The molecular formula is C14H17NO. The molecule has 16 heavy (non-hydrogen) atoms. The second-order valence-electron chi connectivity index (χ2n) is 4.26. The van der Waals surface area contributed by atoms with Gasteiger partial charge in [-0.3, -0.25) is 4.79 Å². The van der Waals surface area contributed by atoms with Gasteiger partial charge in [-0.2, -0.15) is 0 Å². The molecule has 1 amide bonds. The summed E-state index contributed by atoms with van der Waals surface area (Å²) >= 11 is 0. The summed E-state index contributed by atoms with van der Waals surface area (Å²) in [4.78, 5) is 11.8. The molecule has 0 aromatic heterocycles. The van der Waals surface area contributed by atoms with Gasteiger partial charge in [0.05, 0.1) is 5.41 Å². The summed E-state index contributed by atoms with van der Waals surface area (Å²) in [6, 6.07) is 10.1. The smallest absolute Gasteiger partial charge is 0.230 e. The minimum absolute atomic E-state index is 0.169. The summed E-state index contributed by atoms with van der Waals surface area (Å²) in [6.07, 6.45) is 5.88. The normalized spacial score (nSPS) is 24.9. The molecule has 0 bridgehead atoms. The molecule has 0 unspecified atom stereocenters. The van der Waals surface area contributed by atoms with E-state index < -0.39 is 0 Å². The van der Waals surface area contributed by atoms with Crippen molar-refractivity contribution in [1.29, 1.82) is 0 Å². The van der Waals surface area contributed by atoms with Crippen molar-refractivity contribution in [3.63, 3.8) is 0 Å². The molecule has 2 rings (SSSR count). The zero-order chi connectivity index (χ0) is 11.4. The van der Waals surface area contributed by atoms with Gasteiger partial charge in [0.1, 0.15) is 0 Å². The van der Waals surface area contributed by atoms with Crippen LogP contribution in [0.3, 0.4) is 0 Å². The number of nitrogens with one attached hydrogen (secondary N) is 1. The quantitative estimate of drug-likeness (QED) is 0.825.